The number of thiophene rings is 1. The van der Waals surface area contributed by atoms with Crippen LogP contribution in [0.25, 0.3) is 0 Å². The van der Waals surface area contributed by atoms with Crippen LogP contribution in [-0.2, 0) is 14.3 Å². The molecule has 29 heavy (non-hydrogen) atoms. The fourth-order valence-corrected chi connectivity index (χ4v) is 3.69. The normalized spacial score (nSPS) is 10.4. The maximum absolute atomic E-state index is 12.2. The lowest BCUT2D eigenvalue weighted by Crippen LogP contribution is -2.15. The molecular weight excluding hydrogens is 390 g/mol. The number of hydrogen-bond acceptors (Lipinski definition) is 6. The maximum Gasteiger partial charge on any atom is 0.306 e. The van der Waals surface area contributed by atoms with Crippen molar-refractivity contribution in [2.75, 3.05) is 11.9 Å². The third kappa shape index (κ3) is 6.94. The van der Waals surface area contributed by atoms with E-state index in [-0.39, 0.29) is 36.9 Å². The van der Waals surface area contributed by atoms with Crippen molar-refractivity contribution in [1.29, 1.82) is 0 Å². The van der Waals surface area contributed by atoms with Crippen LogP contribution in [-0.4, -0.2) is 30.0 Å². The standard InChI is InChI=1S/C22H25NO5S/c1-4-5-21(26)23-17-8-6-16(7-9-17)20(25)13-28-22(27)11-10-19(24)18-12-14(2)29-15(18)3/h6-9,12H,4-5,10-11,13H2,1-3H3,(H,23,26). The zero-order valence-corrected chi connectivity index (χ0v) is 17.7. The van der Waals surface area contributed by atoms with Gasteiger partial charge in [0.25, 0.3) is 0 Å². The summed E-state index contributed by atoms with van der Waals surface area (Å²) >= 11 is 1.55. The second kappa shape index (κ2) is 10.7. The van der Waals surface area contributed by atoms with Crippen LogP contribution in [0.3, 0.4) is 0 Å². The van der Waals surface area contributed by atoms with Gasteiger partial charge in [0.15, 0.2) is 18.2 Å². The first-order valence-corrected chi connectivity index (χ1v) is 10.3. The molecule has 0 aliphatic rings. The van der Waals surface area contributed by atoms with E-state index in [1.54, 1.807) is 35.6 Å². The van der Waals surface area contributed by atoms with Gasteiger partial charge in [0.05, 0.1) is 6.42 Å². The summed E-state index contributed by atoms with van der Waals surface area (Å²) in [5.41, 5.74) is 1.63. The highest BCUT2D eigenvalue weighted by atomic mass is 32.1. The largest absolute Gasteiger partial charge is 0.457 e. The van der Waals surface area contributed by atoms with Gasteiger partial charge in [0.2, 0.25) is 5.91 Å². The molecule has 0 spiro atoms. The van der Waals surface area contributed by atoms with Gasteiger partial charge in [-0.25, -0.2) is 0 Å². The van der Waals surface area contributed by atoms with E-state index in [0.717, 1.165) is 16.2 Å². The third-order valence-corrected chi connectivity index (χ3v) is 5.20. The zero-order chi connectivity index (χ0) is 21.4. The summed E-state index contributed by atoms with van der Waals surface area (Å²) in [6.07, 6.45) is 1.18. The highest BCUT2D eigenvalue weighted by Crippen LogP contribution is 2.22. The Hall–Kier alpha value is -2.80. The first-order valence-electron chi connectivity index (χ1n) is 9.49. The van der Waals surface area contributed by atoms with E-state index in [2.05, 4.69) is 5.32 Å². The molecule has 2 aromatic rings. The molecule has 2 rings (SSSR count). The molecule has 0 bridgehead atoms. The summed E-state index contributed by atoms with van der Waals surface area (Å²) in [5.74, 6) is -1.11. The number of benzene rings is 1. The van der Waals surface area contributed by atoms with Gasteiger partial charge in [-0.2, -0.15) is 0 Å². The highest BCUT2D eigenvalue weighted by Gasteiger charge is 2.15. The number of anilines is 1. The molecule has 0 atom stereocenters. The van der Waals surface area contributed by atoms with Gasteiger partial charge in [-0.15, -0.1) is 11.3 Å². The van der Waals surface area contributed by atoms with Crippen LogP contribution in [0.4, 0.5) is 5.69 Å². The smallest absolute Gasteiger partial charge is 0.306 e. The number of rotatable bonds is 10. The number of nitrogens with one attached hydrogen (secondary N) is 1. The molecule has 0 unspecified atom stereocenters. The highest BCUT2D eigenvalue weighted by molar-refractivity contribution is 7.12. The predicted octanol–water partition coefficient (Wildman–Crippen LogP) is 4.49. The van der Waals surface area contributed by atoms with E-state index in [1.807, 2.05) is 26.8 Å². The maximum atomic E-state index is 12.2. The zero-order valence-electron chi connectivity index (χ0n) is 16.9. The van der Waals surface area contributed by atoms with E-state index in [0.29, 0.717) is 23.2 Å². The molecule has 154 valence electrons. The number of esters is 1. The molecule has 0 aliphatic carbocycles. The Kier molecular flexibility index (Phi) is 8.27. The topological polar surface area (TPSA) is 89.5 Å². The summed E-state index contributed by atoms with van der Waals surface area (Å²) < 4.78 is 5.00. The fraction of sp³-hybridized carbons (Fsp3) is 0.364. The van der Waals surface area contributed by atoms with Crippen LogP contribution in [0.15, 0.2) is 30.3 Å². The number of Topliss-reactive ketones (excluding diaryl/α,β-unsaturated/α-hetero) is 2. The van der Waals surface area contributed by atoms with Crippen LogP contribution in [0.1, 0.15) is 63.1 Å². The number of aryl methyl sites for hydroxylation is 2. The van der Waals surface area contributed by atoms with Gasteiger partial charge in [-0.3, -0.25) is 19.2 Å². The third-order valence-electron chi connectivity index (χ3n) is 4.23. The minimum absolute atomic E-state index is 0.0518. The number of ketones is 2. The molecule has 1 aromatic heterocycles. The quantitative estimate of drug-likeness (QED) is 0.456. The second-order valence-electron chi connectivity index (χ2n) is 6.71. The summed E-state index contributed by atoms with van der Waals surface area (Å²) in [7, 11) is 0. The molecule has 0 saturated carbocycles. The average molecular weight is 416 g/mol. The molecule has 0 fully saturated rings. The summed E-state index contributed by atoms with van der Waals surface area (Å²) in [4.78, 5) is 49.8. The van der Waals surface area contributed by atoms with Crippen molar-refractivity contribution >= 4 is 40.5 Å². The first kappa shape index (κ1) is 22.5. The van der Waals surface area contributed by atoms with Crippen LogP contribution < -0.4 is 5.32 Å². The van der Waals surface area contributed by atoms with Crippen LogP contribution in [0.2, 0.25) is 0 Å². The molecule has 1 N–H and O–H groups in total. The molecule has 6 nitrogen and oxygen atoms in total. The lowest BCUT2D eigenvalue weighted by atomic mass is 10.1. The summed E-state index contributed by atoms with van der Waals surface area (Å²) in [5, 5.41) is 2.74. The Bertz CT molecular complexity index is 898. The lowest BCUT2D eigenvalue weighted by Gasteiger charge is -2.07. The van der Waals surface area contributed by atoms with Crippen molar-refractivity contribution in [2.24, 2.45) is 0 Å². The Labute approximate surface area is 174 Å². The van der Waals surface area contributed by atoms with Crippen LogP contribution in [0.5, 0.6) is 0 Å². The van der Waals surface area contributed by atoms with Crippen molar-refractivity contribution in [3.63, 3.8) is 0 Å². The van der Waals surface area contributed by atoms with Gasteiger partial charge < -0.3 is 10.1 Å². The van der Waals surface area contributed by atoms with Crippen molar-refractivity contribution in [3.05, 3.63) is 51.2 Å². The molecule has 0 saturated heterocycles. The van der Waals surface area contributed by atoms with Gasteiger partial charge in [0.1, 0.15) is 0 Å². The fourth-order valence-electron chi connectivity index (χ4n) is 2.75. The van der Waals surface area contributed by atoms with Crippen molar-refractivity contribution in [2.45, 2.75) is 46.5 Å². The van der Waals surface area contributed by atoms with E-state index < -0.39 is 5.97 Å². The molecule has 1 amide bonds. The Morgan fingerprint density at radius 3 is 2.24 bits per heavy atom. The Morgan fingerprint density at radius 1 is 0.966 bits per heavy atom. The monoisotopic (exact) mass is 415 g/mol. The first-order chi connectivity index (χ1) is 13.8. The molecule has 0 radical (unpaired) electrons. The van der Waals surface area contributed by atoms with Gasteiger partial charge >= 0.3 is 5.97 Å². The molecule has 1 aromatic carbocycles. The van der Waals surface area contributed by atoms with Crippen molar-refractivity contribution in [3.8, 4) is 0 Å². The molecule has 0 aliphatic heterocycles. The molecule has 7 heteroatoms. The predicted molar refractivity (Wildman–Crippen MR) is 113 cm³/mol. The molecule has 1 heterocycles. The van der Waals surface area contributed by atoms with E-state index in [4.69, 9.17) is 4.74 Å². The number of carbonyl (C=O) groups excluding carboxylic acids is 4. The van der Waals surface area contributed by atoms with Crippen molar-refractivity contribution in [1.82, 2.24) is 0 Å². The SMILES string of the molecule is CCCC(=O)Nc1ccc(C(=O)COC(=O)CCC(=O)c2cc(C)sc2C)cc1. The Morgan fingerprint density at radius 2 is 1.66 bits per heavy atom. The Balaban J connectivity index is 1.78. The van der Waals surface area contributed by atoms with Crippen LogP contribution in [0, 0.1) is 13.8 Å². The lowest BCUT2D eigenvalue weighted by molar-refractivity contribution is -0.142. The number of ether oxygens (including phenoxy) is 1. The summed E-state index contributed by atoms with van der Waals surface area (Å²) in [6, 6.07) is 8.23. The minimum Gasteiger partial charge on any atom is -0.457 e. The number of hydrogen-bond donors (Lipinski definition) is 1. The minimum atomic E-state index is -0.584. The molecular formula is C22H25NO5S. The van der Waals surface area contributed by atoms with E-state index in [9.17, 15) is 19.2 Å². The number of carbonyl (C=O) groups is 4. The van der Waals surface area contributed by atoms with Crippen LogP contribution >= 0.6 is 11.3 Å². The second-order valence-corrected chi connectivity index (χ2v) is 8.17. The number of amides is 1. The van der Waals surface area contributed by atoms with E-state index in [1.165, 1.54) is 0 Å². The van der Waals surface area contributed by atoms with Gasteiger partial charge in [-0.1, -0.05) is 6.92 Å². The summed E-state index contributed by atoms with van der Waals surface area (Å²) in [6.45, 7) is 5.34. The average Bonchev–Trinajstić information content (AvgIpc) is 3.03. The van der Waals surface area contributed by atoms with E-state index >= 15 is 0 Å². The van der Waals surface area contributed by atoms with Gasteiger partial charge in [-0.05, 0) is 50.6 Å². The van der Waals surface area contributed by atoms with Gasteiger partial charge in [0, 0.05) is 39.4 Å². The van der Waals surface area contributed by atoms with Crippen molar-refractivity contribution < 1.29 is 23.9 Å².